The Balaban J connectivity index is 1.57. The number of carbonyl (C=O) groups excluding carboxylic acids is 1. The normalized spacial score (nSPS) is 10.8. The van der Waals surface area contributed by atoms with Gasteiger partial charge < -0.3 is 5.32 Å². The van der Waals surface area contributed by atoms with Crippen molar-refractivity contribution in [1.82, 2.24) is 4.98 Å². The number of thioether (sulfide) groups is 1. The Hall–Kier alpha value is -2.33. The van der Waals surface area contributed by atoms with Crippen molar-refractivity contribution in [3.63, 3.8) is 0 Å². The van der Waals surface area contributed by atoms with Crippen molar-refractivity contribution >= 4 is 34.3 Å². The van der Waals surface area contributed by atoms with Crippen LogP contribution in [0.15, 0.2) is 53.6 Å². The molecule has 1 amide bonds. The van der Waals surface area contributed by atoms with Crippen LogP contribution in [0.25, 0.3) is 10.9 Å². The van der Waals surface area contributed by atoms with Gasteiger partial charge in [0.05, 0.1) is 10.5 Å². The first-order valence-corrected chi connectivity index (χ1v) is 9.38. The molecule has 3 nitrogen and oxygen atoms in total. The molecule has 0 spiro atoms. The highest BCUT2D eigenvalue weighted by molar-refractivity contribution is 7.99. The molecule has 128 valence electrons. The molecule has 0 aliphatic heterocycles. The van der Waals surface area contributed by atoms with Crippen LogP contribution in [0, 0.1) is 20.8 Å². The smallest absolute Gasteiger partial charge is 0.225 e. The molecule has 1 aromatic heterocycles. The summed E-state index contributed by atoms with van der Waals surface area (Å²) in [6.07, 6.45) is 0.464. The number of fused-ring (bicyclic) bond motifs is 1. The summed E-state index contributed by atoms with van der Waals surface area (Å²) in [5, 5.41) is 5.14. The van der Waals surface area contributed by atoms with Gasteiger partial charge in [-0.1, -0.05) is 42.0 Å². The number of rotatable bonds is 5. The van der Waals surface area contributed by atoms with E-state index >= 15 is 0 Å². The predicted molar refractivity (Wildman–Crippen MR) is 106 cm³/mol. The van der Waals surface area contributed by atoms with Crippen LogP contribution in [0.1, 0.15) is 23.1 Å². The number of anilines is 1. The third-order valence-electron chi connectivity index (χ3n) is 4.09. The highest BCUT2D eigenvalue weighted by Crippen LogP contribution is 2.23. The van der Waals surface area contributed by atoms with E-state index in [1.165, 1.54) is 5.56 Å². The fourth-order valence-electron chi connectivity index (χ4n) is 2.96. The molecule has 2 aromatic carbocycles. The topological polar surface area (TPSA) is 42.0 Å². The van der Waals surface area contributed by atoms with Gasteiger partial charge in [-0.05, 0) is 44.0 Å². The van der Waals surface area contributed by atoms with Crippen molar-refractivity contribution in [2.24, 2.45) is 0 Å². The Morgan fingerprint density at radius 2 is 1.76 bits per heavy atom. The summed E-state index contributed by atoms with van der Waals surface area (Å²) in [7, 11) is 0. The minimum absolute atomic E-state index is 0.0448. The minimum Gasteiger partial charge on any atom is -0.326 e. The maximum Gasteiger partial charge on any atom is 0.225 e. The SMILES string of the molecule is Cc1cc(C)c(NC(=O)CCSc2ccc3ccccc3n2)c(C)c1. The molecule has 0 bridgehead atoms. The van der Waals surface area contributed by atoms with Crippen LogP contribution in [0.2, 0.25) is 0 Å². The van der Waals surface area contributed by atoms with Gasteiger partial charge in [-0.25, -0.2) is 4.98 Å². The maximum atomic E-state index is 12.3. The van der Waals surface area contributed by atoms with Crippen LogP contribution in [-0.2, 0) is 4.79 Å². The average Bonchev–Trinajstić information content (AvgIpc) is 2.58. The van der Waals surface area contributed by atoms with Crippen molar-refractivity contribution in [3.05, 3.63) is 65.2 Å². The molecule has 1 heterocycles. The van der Waals surface area contributed by atoms with E-state index in [1.807, 2.05) is 38.1 Å². The molecular weight excluding hydrogens is 328 g/mol. The third kappa shape index (κ3) is 4.40. The summed E-state index contributed by atoms with van der Waals surface area (Å²) in [5.41, 5.74) is 5.35. The molecule has 0 unspecified atom stereocenters. The largest absolute Gasteiger partial charge is 0.326 e. The Kier molecular flexibility index (Phi) is 5.39. The quantitative estimate of drug-likeness (QED) is 0.637. The van der Waals surface area contributed by atoms with Gasteiger partial charge in [-0.3, -0.25) is 4.79 Å². The lowest BCUT2D eigenvalue weighted by molar-refractivity contribution is -0.115. The number of amides is 1. The van der Waals surface area contributed by atoms with Crippen LogP contribution in [0.3, 0.4) is 0 Å². The van der Waals surface area contributed by atoms with Gasteiger partial charge in [0.25, 0.3) is 0 Å². The van der Waals surface area contributed by atoms with Crippen molar-refractivity contribution in [2.45, 2.75) is 32.2 Å². The number of aromatic nitrogens is 1. The minimum atomic E-state index is 0.0448. The number of hydrogen-bond donors (Lipinski definition) is 1. The number of pyridine rings is 1. The molecule has 3 aromatic rings. The molecule has 0 fully saturated rings. The van der Waals surface area contributed by atoms with E-state index in [0.717, 1.165) is 32.7 Å². The molecule has 0 aliphatic rings. The lowest BCUT2D eigenvalue weighted by atomic mass is 10.1. The Morgan fingerprint density at radius 3 is 2.52 bits per heavy atom. The van der Waals surface area contributed by atoms with Crippen LogP contribution in [0.5, 0.6) is 0 Å². The fourth-order valence-corrected chi connectivity index (χ4v) is 3.78. The fraction of sp³-hybridized carbons (Fsp3) is 0.238. The highest BCUT2D eigenvalue weighted by atomic mass is 32.2. The predicted octanol–water partition coefficient (Wildman–Crippen LogP) is 5.28. The Morgan fingerprint density at radius 1 is 1.04 bits per heavy atom. The number of para-hydroxylation sites is 1. The first kappa shape index (κ1) is 17.5. The summed E-state index contributed by atoms with van der Waals surface area (Å²) >= 11 is 1.61. The van der Waals surface area contributed by atoms with Crippen molar-refractivity contribution in [1.29, 1.82) is 0 Å². The molecule has 25 heavy (non-hydrogen) atoms. The maximum absolute atomic E-state index is 12.3. The Labute approximate surface area is 152 Å². The standard InChI is InChI=1S/C21H22N2OS/c1-14-12-15(2)21(16(3)13-14)23-19(24)10-11-25-20-9-8-17-6-4-5-7-18(17)22-20/h4-9,12-13H,10-11H2,1-3H3,(H,23,24). The van der Waals surface area contributed by atoms with E-state index in [2.05, 4.69) is 41.5 Å². The van der Waals surface area contributed by atoms with Crippen molar-refractivity contribution < 1.29 is 4.79 Å². The van der Waals surface area contributed by atoms with Crippen LogP contribution < -0.4 is 5.32 Å². The zero-order valence-corrected chi connectivity index (χ0v) is 15.6. The number of aryl methyl sites for hydroxylation is 3. The highest BCUT2D eigenvalue weighted by Gasteiger charge is 2.09. The molecule has 1 N–H and O–H groups in total. The third-order valence-corrected chi connectivity index (χ3v) is 5.02. The molecule has 0 atom stereocenters. The van der Waals surface area contributed by atoms with E-state index in [4.69, 9.17) is 0 Å². The summed E-state index contributed by atoms with van der Waals surface area (Å²) in [6, 6.07) is 16.3. The summed E-state index contributed by atoms with van der Waals surface area (Å²) in [5.74, 6) is 0.754. The number of nitrogens with one attached hydrogen (secondary N) is 1. The van der Waals surface area contributed by atoms with Crippen LogP contribution in [0.4, 0.5) is 5.69 Å². The van der Waals surface area contributed by atoms with E-state index in [1.54, 1.807) is 11.8 Å². The van der Waals surface area contributed by atoms with Gasteiger partial charge >= 0.3 is 0 Å². The van der Waals surface area contributed by atoms with Gasteiger partial charge in [0, 0.05) is 23.2 Å². The Bertz CT molecular complexity index is 898. The monoisotopic (exact) mass is 350 g/mol. The second kappa shape index (κ2) is 7.70. The first-order valence-electron chi connectivity index (χ1n) is 8.39. The molecular formula is C21H22N2OS. The van der Waals surface area contributed by atoms with E-state index in [9.17, 15) is 4.79 Å². The van der Waals surface area contributed by atoms with Gasteiger partial charge in [-0.15, -0.1) is 11.8 Å². The van der Waals surface area contributed by atoms with E-state index in [-0.39, 0.29) is 5.91 Å². The van der Waals surface area contributed by atoms with E-state index in [0.29, 0.717) is 12.2 Å². The number of nitrogens with zero attached hydrogens (tertiary/aromatic N) is 1. The average molecular weight is 350 g/mol. The molecule has 0 radical (unpaired) electrons. The lowest BCUT2D eigenvalue weighted by Crippen LogP contribution is -2.14. The summed E-state index contributed by atoms with van der Waals surface area (Å²) in [6.45, 7) is 6.13. The number of benzene rings is 2. The zero-order valence-electron chi connectivity index (χ0n) is 14.8. The molecule has 0 aliphatic carbocycles. The molecule has 0 saturated carbocycles. The van der Waals surface area contributed by atoms with Crippen molar-refractivity contribution in [3.8, 4) is 0 Å². The van der Waals surface area contributed by atoms with Gasteiger partial charge in [-0.2, -0.15) is 0 Å². The van der Waals surface area contributed by atoms with Crippen molar-refractivity contribution in [2.75, 3.05) is 11.1 Å². The van der Waals surface area contributed by atoms with Gasteiger partial charge in [0.2, 0.25) is 5.91 Å². The van der Waals surface area contributed by atoms with Gasteiger partial charge in [0.1, 0.15) is 0 Å². The van der Waals surface area contributed by atoms with Crippen LogP contribution in [-0.4, -0.2) is 16.6 Å². The zero-order chi connectivity index (χ0) is 17.8. The van der Waals surface area contributed by atoms with Crippen LogP contribution >= 0.6 is 11.8 Å². The molecule has 0 saturated heterocycles. The second-order valence-electron chi connectivity index (χ2n) is 6.26. The first-order chi connectivity index (χ1) is 12.0. The summed E-state index contributed by atoms with van der Waals surface area (Å²) in [4.78, 5) is 16.9. The molecule has 4 heteroatoms. The number of carbonyl (C=O) groups is 1. The number of hydrogen-bond acceptors (Lipinski definition) is 3. The van der Waals surface area contributed by atoms with E-state index < -0.39 is 0 Å². The van der Waals surface area contributed by atoms with Gasteiger partial charge in [0.15, 0.2) is 0 Å². The summed E-state index contributed by atoms with van der Waals surface area (Å²) < 4.78 is 0. The lowest BCUT2D eigenvalue weighted by Gasteiger charge is -2.12. The second-order valence-corrected chi connectivity index (χ2v) is 7.38. The molecule has 3 rings (SSSR count).